The summed E-state index contributed by atoms with van der Waals surface area (Å²) in [6, 6.07) is 9.87. The normalized spacial score (nSPS) is 14.3. The Morgan fingerprint density at radius 1 is 1.24 bits per heavy atom. The SMILES string of the molecule is COC[C@H](C)[NH2+]C[C@@H](O)COc1ccccc1. The first-order chi connectivity index (χ1) is 8.22. The van der Waals surface area contributed by atoms with Crippen molar-refractivity contribution < 1.29 is 19.9 Å². The molecule has 0 heterocycles. The molecule has 0 aliphatic carbocycles. The number of benzene rings is 1. The Morgan fingerprint density at radius 2 is 1.94 bits per heavy atom. The van der Waals surface area contributed by atoms with Gasteiger partial charge in [0.2, 0.25) is 0 Å². The molecule has 4 heteroatoms. The van der Waals surface area contributed by atoms with E-state index in [0.29, 0.717) is 25.8 Å². The van der Waals surface area contributed by atoms with Gasteiger partial charge in [0.15, 0.2) is 0 Å². The number of rotatable bonds is 8. The standard InChI is InChI=1S/C13H21NO3/c1-11(9-16-2)14-8-12(15)10-17-13-6-4-3-5-7-13/h3-7,11-12,14-15H,8-10H2,1-2H3/p+1/t11-,12+/m0/s1. The molecule has 1 rings (SSSR count). The maximum atomic E-state index is 9.73. The van der Waals surface area contributed by atoms with Crippen molar-refractivity contribution in [2.24, 2.45) is 0 Å². The lowest BCUT2D eigenvalue weighted by Crippen LogP contribution is -2.92. The lowest BCUT2D eigenvalue weighted by Gasteiger charge is -2.14. The summed E-state index contributed by atoms with van der Waals surface area (Å²) in [6.07, 6.45) is -0.463. The number of hydrogen-bond acceptors (Lipinski definition) is 3. The molecule has 0 bridgehead atoms. The molecule has 0 aliphatic rings. The number of ether oxygens (including phenoxy) is 2. The minimum atomic E-state index is -0.463. The number of para-hydroxylation sites is 1. The molecule has 1 aromatic carbocycles. The van der Waals surface area contributed by atoms with Gasteiger partial charge in [-0.05, 0) is 19.1 Å². The third-order valence-electron chi connectivity index (χ3n) is 2.43. The van der Waals surface area contributed by atoms with E-state index in [1.54, 1.807) is 7.11 Å². The first-order valence-electron chi connectivity index (χ1n) is 5.90. The van der Waals surface area contributed by atoms with Crippen LogP contribution < -0.4 is 10.1 Å². The summed E-state index contributed by atoms with van der Waals surface area (Å²) in [7, 11) is 1.68. The minimum Gasteiger partial charge on any atom is -0.491 e. The van der Waals surface area contributed by atoms with Crippen molar-refractivity contribution >= 4 is 0 Å². The van der Waals surface area contributed by atoms with Crippen molar-refractivity contribution in [2.75, 3.05) is 26.9 Å². The zero-order valence-corrected chi connectivity index (χ0v) is 10.5. The van der Waals surface area contributed by atoms with Crippen LogP contribution in [0.1, 0.15) is 6.92 Å². The summed E-state index contributed by atoms with van der Waals surface area (Å²) in [5, 5.41) is 11.8. The lowest BCUT2D eigenvalue weighted by atomic mass is 10.3. The van der Waals surface area contributed by atoms with Gasteiger partial charge in [0.1, 0.15) is 31.0 Å². The van der Waals surface area contributed by atoms with Crippen molar-refractivity contribution in [3.63, 3.8) is 0 Å². The number of aliphatic hydroxyl groups excluding tert-OH is 1. The molecule has 0 spiro atoms. The Balaban J connectivity index is 2.15. The Bertz CT molecular complexity index is 292. The van der Waals surface area contributed by atoms with Gasteiger partial charge in [-0.25, -0.2) is 0 Å². The van der Waals surface area contributed by atoms with Crippen LogP contribution in [-0.4, -0.2) is 44.1 Å². The van der Waals surface area contributed by atoms with Crippen LogP contribution in [0.25, 0.3) is 0 Å². The summed E-state index contributed by atoms with van der Waals surface area (Å²) < 4.78 is 10.5. The van der Waals surface area contributed by atoms with Crippen LogP contribution in [0.5, 0.6) is 5.75 Å². The van der Waals surface area contributed by atoms with Crippen molar-refractivity contribution in [1.82, 2.24) is 0 Å². The highest BCUT2D eigenvalue weighted by atomic mass is 16.5. The maximum absolute atomic E-state index is 9.73. The first kappa shape index (κ1) is 14.0. The predicted molar refractivity (Wildman–Crippen MR) is 66.1 cm³/mol. The molecule has 0 radical (unpaired) electrons. The quantitative estimate of drug-likeness (QED) is 0.674. The highest BCUT2D eigenvalue weighted by molar-refractivity contribution is 5.20. The molecule has 0 aliphatic heterocycles. The fourth-order valence-electron chi connectivity index (χ4n) is 1.50. The van der Waals surface area contributed by atoms with E-state index in [1.807, 2.05) is 30.3 Å². The second-order valence-corrected chi connectivity index (χ2v) is 4.18. The van der Waals surface area contributed by atoms with Gasteiger partial charge in [-0.2, -0.15) is 0 Å². The summed E-state index contributed by atoms with van der Waals surface area (Å²) in [4.78, 5) is 0. The van der Waals surface area contributed by atoms with E-state index < -0.39 is 6.10 Å². The fourth-order valence-corrected chi connectivity index (χ4v) is 1.50. The maximum Gasteiger partial charge on any atom is 0.137 e. The highest BCUT2D eigenvalue weighted by Crippen LogP contribution is 2.07. The molecular weight excluding hydrogens is 218 g/mol. The average Bonchev–Trinajstić information content (AvgIpc) is 2.35. The van der Waals surface area contributed by atoms with Crippen molar-refractivity contribution in [3.05, 3.63) is 30.3 Å². The average molecular weight is 240 g/mol. The summed E-state index contributed by atoms with van der Waals surface area (Å²) in [5.41, 5.74) is 0. The second-order valence-electron chi connectivity index (χ2n) is 4.18. The van der Waals surface area contributed by atoms with Gasteiger partial charge in [0.25, 0.3) is 0 Å². The molecular formula is C13H22NO3+. The number of nitrogens with two attached hydrogens (primary N) is 1. The first-order valence-corrected chi connectivity index (χ1v) is 5.90. The van der Waals surface area contributed by atoms with Crippen molar-refractivity contribution in [3.8, 4) is 5.75 Å². The second kappa shape index (κ2) is 8.06. The van der Waals surface area contributed by atoms with E-state index in [1.165, 1.54) is 0 Å². The summed E-state index contributed by atoms with van der Waals surface area (Å²) in [6.45, 7) is 3.69. The molecule has 17 heavy (non-hydrogen) atoms. The topological polar surface area (TPSA) is 55.3 Å². The van der Waals surface area contributed by atoms with Crippen LogP contribution in [0.4, 0.5) is 0 Å². The van der Waals surface area contributed by atoms with E-state index in [4.69, 9.17) is 9.47 Å². The van der Waals surface area contributed by atoms with Crippen molar-refractivity contribution in [1.29, 1.82) is 0 Å². The van der Waals surface area contributed by atoms with Gasteiger partial charge in [-0.1, -0.05) is 18.2 Å². The Kier molecular flexibility index (Phi) is 6.62. The molecule has 3 N–H and O–H groups in total. The lowest BCUT2D eigenvalue weighted by molar-refractivity contribution is -0.693. The van der Waals surface area contributed by atoms with Crippen molar-refractivity contribution in [2.45, 2.75) is 19.1 Å². The molecule has 0 saturated carbocycles. The molecule has 0 amide bonds. The van der Waals surface area contributed by atoms with Gasteiger partial charge in [0.05, 0.1) is 6.61 Å². The van der Waals surface area contributed by atoms with Gasteiger partial charge < -0.3 is 19.9 Å². The number of hydrogen-bond donors (Lipinski definition) is 2. The molecule has 0 unspecified atom stereocenters. The zero-order valence-electron chi connectivity index (χ0n) is 10.5. The third kappa shape index (κ3) is 6.26. The van der Waals surface area contributed by atoms with E-state index in [9.17, 15) is 5.11 Å². The van der Waals surface area contributed by atoms with Gasteiger partial charge in [-0.15, -0.1) is 0 Å². The summed E-state index contributed by atoms with van der Waals surface area (Å²) >= 11 is 0. The zero-order chi connectivity index (χ0) is 12.5. The van der Waals surface area contributed by atoms with Crippen LogP contribution in [-0.2, 0) is 4.74 Å². The van der Waals surface area contributed by atoms with E-state index in [0.717, 1.165) is 5.75 Å². The Morgan fingerprint density at radius 3 is 2.59 bits per heavy atom. The van der Waals surface area contributed by atoms with Crippen LogP contribution in [0, 0.1) is 0 Å². The van der Waals surface area contributed by atoms with E-state index in [-0.39, 0.29) is 0 Å². The van der Waals surface area contributed by atoms with Crippen LogP contribution in [0.2, 0.25) is 0 Å². The van der Waals surface area contributed by atoms with Crippen LogP contribution in [0.3, 0.4) is 0 Å². The largest absolute Gasteiger partial charge is 0.491 e. The van der Waals surface area contributed by atoms with E-state index in [2.05, 4.69) is 12.2 Å². The molecule has 96 valence electrons. The Labute approximate surface area is 103 Å². The molecule has 0 fully saturated rings. The summed E-state index contributed by atoms with van der Waals surface area (Å²) in [5.74, 6) is 0.788. The molecule has 4 nitrogen and oxygen atoms in total. The predicted octanol–water partition coefficient (Wildman–Crippen LogP) is 0.0246. The van der Waals surface area contributed by atoms with Crippen LogP contribution in [0.15, 0.2) is 30.3 Å². The van der Waals surface area contributed by atoms with Gasteiger partial charge in [-0.3, -0.25) is 0 Å². The number of aliphatic hydroxyl groups is 1. The third-order valence-corrected chi connectivity index (χ3v) is 2.43. The molecule has 0 saturated heterocycles. The Hall–Kier alpha value is -1.10. The number of quaternary nitrogens is 1. The molecule has 1 aromatic rings. The van der Waals surface area contributed by atoms with E-state index >= 15 is 0 Å². The molecule has 0 aromatic heterocycles. The number of methoxy groups -OCH3 is 1. The fraction of sp³-hybridized carbons (Fsp3) is 0.538. The monoisotopic (exact) mass is 240 g/mol. The van der Waals surface area contributed by atoms with Crippen LogP contribution >= 0.6 is 0 Å². The highest BCUT2D eigenvalue weighted by Gasteiger charge is 2.10. The smallest absolute Gasteiger partial charge is 0.137 e. The minimum absolute atomic E-state index is 0.320. The molecule has 2 atom stereocenters. The van der Waals surface area contributed by atoms with Gasteiger partial charge in [0, 0.05) is 7.11 Å². The van der Waals surface area contributed by atoms with Gasteiger partial charge >= 0.3 is 0 Å².